The Hall–Kier alpha value is -1.07. The molecule has 0 bridgehead atoms. The van der Waals surface area contributed by atoms with Gasteiger partial charge in [-0.15, -0.1) is 11.3 Å². The number of hydrogen-bond acceptors (Lipinski definition) is 3. The normalized spacial score (nSPS) is 16.3. The molecule has 2 amide bonds. The molecule has 0 aliphatic carbocycles. The second-order valence-corrected chi connectivity index (χ2v) is 9.17. The fraction of sp³-hybridized carbons (Fsp3) is 0.667. The van der Waals surface area contributed by atoms with Crippen LogP contribution in [0.5, 0.6) is 0 Å². The van der Waals surface area contributed by atoms with Gasteiger partial charge in [0.25, 0.3) is 0 Å². The van der Waals surface area contributed by atoms with Gasteiger partial charge in [-0.25, -0.2) is 0 Å². The van der Waals surface area contributed by atoms with Crippen molar-refractivity contribution >= 4 is 34.8 Å². The van der Waals surface area contributed by atoms with Gasteiger partial charge in [-0.05, 0) is 31.9 Å². The number of nitrogens with zero attached hydrogens (tertiary/aromatic N) is 2. The van der Waals surface area contributed by atoms with E-state index in [4.69, 9.17) is 11.6 Å². The Morgan fingerprint density at radius 2 is 1.92 bits per heavy atom. The first-order valence-electron chi connectivity index (χ1n) is 8.54. The molecule has 2 rings (SSSR count). The van der Waals surface area contributed by atoms with E-state index in [1.165, 1.54) is 11.3 Å². The first-order chi connectivity index (χ1) is 11.2. The van der Waals surface area contributed by atoms with Crippen molar-refractivity contribution in [3.05, 3.63) is 21.3 Å². The van der Waals surface area contributed by atoms with Crippen LogP contribution in [0.1, 0.15) is 45.4 Å². The summed E-state index contributed by atoms with van der Waals surface area (Å²) in [6.07, 6.45) is 1.50. The van der Waals surface area contributed by atoms with Gasteiger partial charge in [0, 0.05) is 35.8 Å². The summed E-state index contributed by atoms with van der Waals surface area (Å²) in [5.74, 6) is 0.392. The van der Waals surface area contributed by atoms with Crippen LogP contribution < -0.4 is 0 Å². The Kier molecular flexibility index (Phi) is 6.32. The first-order valence-corrected chi connectivity index (χ1v) is 9.74. The smallest absolute Gasteiger partial charge is 0.227 e. The summed E-state index contributed by atoms with van der Waals surface area (Å²) >= 11 is 7.50. The number of likely N-dealkylation sites (tertiary alicyclic amines) is 1. The van der Waals surface area contributed by atoms with E-state index in [2.05, 4.69) is 0 Å². The second-order valence-electron chi connectivity index (χ2n) is 7.37. The highest BCUT2D eigenvalue weighted by Crippen LogP contribution is 2.27. The maximum absolute atomic E-state index is 12.8. The number of piperidine rings is 1. The Labute approximate surface area is 153 Å². The van der Waals surface area contributed by atoms with Crippen LogP contribution in [0.2, 0.25) is 4.34 Å². The summed E-state index contributed by atoms with van der Waals surface area (Å²) in [6, 6.07) is 3.85. The highest BCUT2D eigenvalue weighted by Gasteiger charge is 2.33. The van der Waals surface area contributed by atoms with Crippen LogP contribution in [0.15, 0.2) is 12.1 Å². The zero-order valence-corrected chi connectivity index (χ0v) is 16.5. The van der Waals surface area contributed by atoms with Gasteiger partial charge in [-0.3, -0.25) is 9.59 Å². The van der Waals surface area contributed by atoms with Crippen molar-refractivity contribution in [1.82, 2.24) is 9.80 Å². The molecule has 0 aromatic carbocycles. The van der Waals surface area contributed by atoms with Crippen molar-refractivity contribution in [1.29, 1.82) is 0 Å². The summed E-state index contributed by atoms with van der Waals surface area (Å²) in [7, 11) is 0. The maximum Gasteiger partial charge on any atom is 0.227 e. The van der Waals surface area contributed by atoms with Crippen molar-refractivity contribution < 1.29 is 9.59 Å². The largest absolute Gasteiger partial charge is 0.342 e. The molecule has 1 aromatic rings. The number of carbonyl (C=O) groups is 2. The molecule has 24 heavy (non-hydrogen) atoms. The fourth-order valence-corrected chi connectivity index (χ4v) is 4.14. The third-order valence-electron chi connectivity index (χ3n) is 4.44. The molecule has 0 spiro atoms. The number of amides is 2. The van der Waals surface area contributed by atoms with Crippen LogP contribution >= 0.6 is 22.9 Å². The van der Waals surface area contributed by atoms with Gasteiger partial charge in [-0.1, -0.05) is 32.4 Å². The Bertz CT molecular complexity index is 586. The Morgan fingerprint density at radius 1 is 1.29 bits per heavy atom. The van der Waals surface area contributed by atoms with E-state index in [0.29, 0.717) is 26.2 Å². The molecule has 2 heterocycles. The van der Waals surface area contributed by atoms with Crippen LogP contribution in [-0.2, 0) is 16.1 Å². The van der Waals surface area contributed by atoms with E-state index < -0.39 is 0 Å². The number of thiophene rings is 1. The Morgan fingerprint density at radius 3 is 2.38 bits per heavy atom. The van der Waals surface area contributed by atoms with E-state index in [0.717, 1.165) is 22.1 Å². The molecule has 0 radical (unpaired) electrons. The summed E-state index contributed by atoms with van der Waals surface area (Å²) in [4.78, 5) is 30.1. The number of carbonyl (C=O) groups excluding carboxylic acids is 2. The van der Waals surface area contributed by atoms with Crippen LogP contribution in [0.3, 0.4) is 0 Å². The zero-order chi connectivity index (χ0) is 17.9. The van der Waals surface area contributed by atoms with Crippen molar-refractivity contribution in [3.63, 3.8) is 0 Å². The van der Waals surface area contributed by atoms with E-state index in [-0.39, 0.29) is 23.1 Å². The topological polar surface area (TPSA) is 40.6 Å². The predicted molar refractivity (Wildman–Crippen MR) is 99.2 cm³/mol. The molecule has 0 N–H and O–H groups in total. The minimum absolute atomic E-state index is 0.0180. The standard InChI is InChI=1S/C18H27ClN2O2S/c1-5-20(12-14-6-7-15(19)24-14)16(22)13-8-10-21(11-9-13)17(23)18(2,3)4/h6-7,13H,5,8-12H2,1-4H3. The van der Waals surface area contributed by atoms with Gasteiger partial charge in [0.1, 0.15) is 0 Å². The minimum atomic E-state index is -0.356. The van der Waals surface area contributed by atoms with Crippen molar-refractivity contribution in [2.45, 2.75) is 47.1 Å². The first kappa shape index (κ1) is 19.3. The molecule has 4 nitrogen and oxygen atoms in total. The number of rotatable bonds is 4. The van der Waals surface area contributed by atoms with Gasteiger partial charge >= 0.3 is 0 Å². The van der Waals surface area contributed by atoms with Gasteiger partial charge < -0.3 is 9.80 Å². The molecule has 134 valence electrons. The van der Waals surface area contributed by atoms with E-state index in [1.807, 2.05) is 49.6 Å². The van der Waals surface area contributed by atoms with Crippen LogP contribution in [-0.4, -0.2) is 41.2 Å². The van der Waals surface area contributed by atoms with Crippen LogP contribution in [0, 0.1) is 11.3 Å². The monoisotopic (exact) mass is 370 g/mol. The molecule has 1 fully saturated rings. The van der Waals surface area contributed by atoms with Crippen molar-refractivity contribution in [2.24, 2.45) is 11.3 Å². The third kappa shape index (κ3) is 4.73. The molecule has 0 unspecified atom stereocenters. The molecular formula is C18H27ClN2O2S. The summed E-state index contributed by atoms with van der Waals surface area (Å²) < 4.78 is 0.752. The van der Waals surface area contributed by atoms with Gasteiger partial charge in [0.05, 0.1) is 10.9 Å². The van der Waals surface area contributed by atoms with E-state index >= 15 is 0 Å². The lowest BCUT2D eigenvalue weighted by Crippen LogP contribution is -2.47. The molecule has 1 aliphatic rings. The predicted octanol–water partition coefficient (Wildman–Crippen LogP) is 4.03. The van der Waals surface area contributed by atoms with E-state index in [9.17, 15) is 9.59 Å². The summed E-state index contributed by atoms with van der Waals surface area (Å²) in [6.45, 7) is 10.5. The number of halogens is 1. The lowest BCUT2D eigenvalue weighted by molar-refractivity contribution is -0.145. The summed E-state index contributed by atoms with van der Waals surface area (Å²) in [5, 5.41) is 0. The highest BCUT2D eigenvalue weighted by atomic mass is 35.5. The molecule has 0 atom stereocenters. The molecular weight excluding hydrogens is 344 g/mol. The van der Waals surface area contributed by atoms with Crippen molar-refractivity contribution in [3.8, 4) is 0 Å². The molecule has 0 saturated carbocycles. The summed E-state index contributed by atoms with van der Waals surface area (Å²) in [5.41, 5.74) is -0.356. The fourth-order valence-electron chi connectivity index (χ4n) is 3.03. The highest BCUT2D eigenvalue weighted by molar-refractivity contribution is 7.16. The lowest BCUT2D eigenvalue weighted by atomic mass is 9.90. The Balaban J connectivity index is 1.92. The number of hydrogen-bond donors (Lipinski definition) is 0. The quantitative estimate of drug-likeness (QED) is 0.802. The third-order valence-corrected chi connectivity index (χ3v) is 5.66. The SMILES string of the molecule is CCN(Cc1ccc(Cl)s1)C(=O)C1CCN(C(=O)C(C)(C)C)CC1. The zero-order valence-electron chi connectivity index (χ0n) is 15.0. The van der Waals surface area contributed by atoms with Gasteiger partial charge in [-0.2, -0.15) is 0 Å². The average Bonchev–Trinajstić information content (AvgIpc) is 2.95. The minimum Gasteiger partial charge on any atom is -0.342 e. The van der Waals surface area contributed by atoms with E-state index in [1.54, 1.807) is 0 Å². The van der Waals surface area contributed by atoms with Gasteiger partial charge in [0.2, 0.25) is 11.8 Å². The van der Waals surface area contributed by atoms with Gasteiger partial charge in [0.15, 0.2) is 0 Å². The lowest BCUT2D eigenvalue weighted by Gasteiger charge is -2.36. The van der Waals surface area contributed by atoms with Crippen LogP contribution in [0.25, 0.3) is 0 Å². The van der Waals surface area contributed by atoms with Crippen LogP contribution in [0.4, 0.5) is 0 Å². The second kappa shape index (κ2) is 7.87. The maximum atomic E-state index is 12.8. The average molecular weight is 371 g/mol. The van der Waals surface area contributed by atoms with Crippen molar-refractivity contribution in [2.75, 3.05) is 19.6 Å². The molecule has 6 heteroatoms. The molecule has 1 aromatic heterocycles. The molecule has 1 saturated heterocycles. The molecule has 1 aliphatic heterocycles.